The number of nitrogens with zero attached hydrogens (tertiary/aromatic N) is 3. The first-order chi connectivity index (χ1) is 16.3. The number of benzene rings is 2. The Balaban J connectivity index is 1.77. The molecule has 0 aromatic heterocycles. The molecule has 182 valence electrons. The number of carbonyl (C=O) groups is 3. The molecule has 1 heterocycles. The summed E-state index contributed by atoms with van der Waals surface area (Å²) in [6, 6.07) is 10.1. The van der Waals surface area contributed by atoms with Gasteiger partial charge in [0.2, 0.25) is 11.8 Å². The molecule has 0 saturated carbocycles. The van der Waals surface area contributed by atoms with Gasteiger partial charge in [0.15, 0.2) is 0 Å². The fraction of sp³-hybridized carbons (Fsp3) is 0.375. The number of methoxy groups -OCH3 is 3. The summed E-state index contributed by atoms with van der Waals surface area (Å²) in [6.07, 6.45) is 0. The van der Waals surface area contributed by atoms with Gasteiger partial charge in [-0.2, -0.15) is 0 Å². The third-order valence-electron chi connectivity index (χ3n) is 5.60. The molecule has 2 aromatic rings. The van der Waals surface area contributed by atoms with Crippen LogP contribution in [0.25, 0.3) is 0 Å². The Morgan fingerprint density at radius 3 is 2.38 bits per heavy atom. The molecular weight excluding hydrogens is 462 g/mol. The van der Waals surface area contributed by atoms with Crippen molar-refractivity contribution in [1.82, 2.24) is 9.80 Å². The Hall–Kier alpha value is -3.30. The summed E-state index contributed by atoms with van der Waals surface area (Å²) in [4.78, 5) is 43.4. The number of halogens is 1. The fourth-order valence-corrected chi connectivity index (χ4v) is 3.81. The average molecular weight is 490 g/mol. The molecule has 1 aliphatic rings. The maximum Gasteiger partial charge on any atom is 0.254 e. The van der Waals surface area contributed by atoms with Gasteiger partial charge in [-0.05, 0) is 36.8 Å². The highest BCUT2D eigenvalue weighted by atomic mass is 35.5. The van der Waals surface area contributed by atoms with Crippen molar-refractivity contribution >= 4 is 35.0 Å². The van der Waals surface area contributed by atoms with E-state index in [-0.39, 0.29) is 50.6 Å². The van der Waals surface area contributed by atoms with E-state index in [9.17, 15) is 14.4 Å². The lowest BCUT2D eigenvalue weighted by Crippen LogP contribution is -2.44. The van der Waals surface area contributed by atoms with Crippen molar-refractivity contribution in [2.24, 2.45) is 0 Å². The Labute approximate surface area is 203 Å². The lowest BCUT2D eigenvalue weighted by atomic mass is 10.1. The SMILES string of the molecule is COCCN(CC(=O)N1CC(=O)N(c2cccc(Cl)c2C)C1)C(=O)c1cc(OC)cc(OC)c1. The molecule has 10 heteroatoms. The van der Waals surface area contributed by atoms with Crippen LogP contribution in [0.2, 0.25) is 5.02 Å². The molecule has 1 aliphatic heterocycles. The molecule has 1 saturated heterocycles. The van der Waals surface area contributed by atoms with Crippen molar-refractivity contribution in [3.05, 3.63) is 52.5 Å². The van der Waals surface area contributed by atoms with E-state index in [0.717, 1.165) is 5.56 Å². The van der Waals surface area contributed by atoms with Crippen molar-refractivity contribution in [3.63, 3.8) is 0 Å². The van der Waals surface area contributed by atoms with Gasteiger partial charge in [-0.1, -0.05) is 17.7 Å². The monoisotopic (exact) mass is 489 g/mol. The van der Waals surface area contributed by atoms with Gasteiger partial charge >= 0.3 is 0 Å². The van der Waals surface area contributed by atoms with Gasteiger partial charge < -0.3 is 24.0 Å². The molecule has 3 amide bonds. The van der Waals surface area contributed by atoms with Crippen molar-refractivity contribution in [1.29, 1.82) is 0 Å². The molecule has 3 rings (SSSR count). The fourth-order valence-electron chi connectivity index (χ4n) is 3.64. The van der Waals surface area contributed by atoms with Crippen LogP contribution in [0, 0.1) is 6.92 Å². The second-order valence-corrected chi connectivity index (χ2v) is 8.17. The van der Waals surface area contributed by atoms with E-state index in [1.807, 2.05) is 6.92 Å². The van der Waals surface area contributed by atoms with Gasteiger partial charge in [0.1, 0.15) is 31.3 Å². The lowest BCUT2D eigenvalue weighted by Gasteiger charge is -2.25. The molecule has 0 atom stereocenters. The minimum Gasteiger partial charge on any atom is -0.497 e. The van der Waals surface area contributed by atoms with Crippen LogP contribution in [0.15, 0.2) is 36.4 Å². The van der Waals surface area contributed by atoms with Gasteiger partial charge in [-0.15, -0.1) is 0 Å². The van der Waals surface area contributed by atoms with Crippen molar-refractivity contribution < 1.29 is 28.6 Å². The van der Waals surface area contributed by atoms with Crippen molar-refractivity contribution in [2.75, 3.05) is 59.1 Å². The van der Waals surface area contributed by atoms with Crippen LogP contribution in [-0.2, 0) is 14.3 Å². The molecular formula is C24H28ClN3O6. The molecule has 34 heavy (non-hydrogen) atoms. The first-order valence-corrected chi connectivity index (χ1v) is 11.0. The van der Waals surface area contributed by atoms with Crippen LogP contribution < -0.4 is 14.4 Å². The molecule has 0 radical (unpaired) electrons. The van der Waals surface area contributed by atoms with E-state index >= 15 is 0 Å². The first kappa shape index (κ1) is 25.3. The lowest BCUT2D eigenvalue weighted by molar-refractivity contribution is -0.132. The van der Waals surface area contributed by atoms with Crippen LogP contribution in [0.3, 0.4) is 0 Å². The number of ether oxygens (including phenoxy) is 3. The van der Waals surface area contributed by atoms with Crippen LogP contribution >= 0.6 is 11.6 Å². The molecule has 9 nitrogen and oxygen atoms in total. The highest BCUT2D eigenvalue weighted by Crippen LogP contribution is 2.29. The van der Waals surface area contributed by atoms with Crippen LogP contribution in [0.1, 0.15) is 15.9 Å². The minimum absolute atomic E-state index is 0.0793. The zero-order valence-electron chi connectivity index (χ0n) is 19.7. The third kappa shape index (κ3) is 5.60. The molecule has 2 aromatic carbocycles. The second-order valence-electron chi connectivity index (χ2n) is 7.76. The number of amides is 3. The normalized spacial score (nSPS) is 13.3. The van der Waals surface area contributed by atoms with Gasteiger partial charge in [0.25, 0.3) is 5.91 Å². The quantitative estimate of drug-likeness (QED) is 0.538. The van der Waals surface area contributed by atoms with Gasteiger partial charge in [0.05, 0.1) is 20.8 Å². The smallest absolute Gasteiger partial charge is 0.254 e. The number of hydrogen-bond acceptors (Lipinski definition) is 6. The Bertz CT molecular complexity index is 1050. The largest absolute Gasteiger partial charge is 0.497 e. The van der Waals surface area contributed by atoms with Crippen LogP contribution in [-0.4, -0.2) is 81.8 Å². The summed E-state index contributed by atoms with van der Waals surface area (Å²) in [5.41, 5.74) is 1.73. The molecule has 0 aliphatic carbocycles. The number of anilines is 1. The van der Waals surface area contributed by atoms with Gasteiger partial charge in [-0.3, -0.25) is 19.3 Å². The van der Waals surface area contributed by atoms with Crippen molar-refractivity contribution in [3.8, 4) is 11.5 Å². The van der Waals surface area contributed by atoms with Crippen molar-refractivity contribution in [2.45, 2.75) is 6.92 Å². The zero-order chi connectivity index (χ0) is 24.8. The second kappa shape index (κ2) is 11.2. The molecule has 0 bridgehead atoms. The summed E-state index contributed by atoms with van der Waals surface area (Å²) >= 11 is 6.20. The highest BCUT2D eigenvalue weighted by molar-refractivity contribution is 6.31. The summed E-state index contributed by atoms with van der Waals surface area (Å²) in [7, 11) is 4.50. The van der Waals surface area contributed by atoms with Crippen LogP contribution in [0.5, 0.6) is 11.5 Å². The maximum atomic E-state index is 13.3. The molecule has 1 fully saturated rings. The number of rotatable bonds is 9. The van der Waals surface area contributed by atoms with E-state index in [1.165, 1.54) is 36.0 Å². The van der Waals surface area contributed by atoms with Crippen LogP contribution in [0.4, 0.5) is 5.69 Å². The standard InChI is InChI=1S/C24H28ClN3O6/c1-16-20(25)6-5-7-21(16)28-15-27(14-23(28)30)22(29)13-26(8-9-32-2)24(31)17-10-18(33-3)12-19(11-17)34-4/h5-7,10-12H,8-9,13-15H2,1-4H3. The Morgan fingerprint density at radius 1 is 1.09 bits per heavy atom. The van der Waals surface area contributed by atoms with E-state index in [4.69, 9.17) is 25.8 Å². The summed E-state index contributed by atoms with van der Waals surface area (Å²) in [5, 5.41) is 0.542. The predicted molar refractivity (Wildman–Crippen MR) is 128 cm³/mol. The van der Waals surface area contributed by atoms with E-state index in [2.05, 4.69) is 0 Å². The van der Waals surface area contributed by atoms with E-state index in [1.54, 1.807) is 36.4 Å². The van der Waals surface area contributed by atoms with E-state index < -0.39 is 0 Å². The zero-order valence-corrected chi connectivity index (χ0v) is 20.4. The third-order valence-corrected chi connectivity index (χ3v) is 6.01. The Kier molecular flexibility index (Phi) is 8.36. The molecule has 0 N–H and O–H groups in total. The summed E-state index contributed by atoms with van der Waals surface area (Å²) < 4.78 is 15.6. The van der Waals surface area contributed by atoms with Gasteiger partial charge in [0, 0.05) is 36.0 Å². The summed E-state index contributed by atoms with van der Waals surface area (Å²) in [5.74, 6) is -0.0340. The first-order valence-electron chi connectivity index (χ1n) is 10.6. The number of carbonyl (C=O) groups excluding carboxylic acids is 3. The Morgan fingerprint density at radius 2 is 1.76 bits per heavy atom. The molecule has 0 unspecified atom stereocenters. The average Bonchev–Trinajstić information content (AvgIpc) is 3.23. The van der Waals surface area contributed by atoms with Gasteiger partial charge in [-0.25, -0.2) is 0 Å². The number of hydrogen-bond donors (Lipinski definition) is 0. The maximum absolute atomic E-state index is 13.3. The topological polar surface area (TPSA) is 88.6 Å². The predicted octanol–water partition coefficient (Wildman–Crippen LogP) is 2.59. The highest BCUT2D eigenvalue weighted by Gasteiger charge is 2.34. The minimum atomic E-state index is -0.379. The molecule has 0 spiro atoms. The van der Waals surface area contributed by atoms with E-state index in [0.29, 0.717) is 27.8 Å². The summed E-state index contributed by atoms with van der Waals surface area (Å²) in [6.45, 7) is 2.05.